The third kappa shape index (κ3) is 4.17. The molecule has 0 amide bonds. The standard InChI is InChI=1S/C16H13F6NO3/c1-2-26-15(25)8(6-23-7-3-4-7)14(24)11-9(16(20,21)22)5-10(17)12(18)13(11)19/h5-7,23H,2-4H2,1H3/b8-6+. The first-order valence-corrected chi connectivity index (χ1v) is 7.50. The minimum absolute atomic E-state index is 0.0934. The van der Waals surface area contributed by atoms with Gasteiger partial charge >= 0.3 is 12.1 Å². The minimum Gasteiger partial charge on any atom is -0.462 e. The second-order valence-corrected chi connectivity index (χ2v) is 5.46. The molecule has 0 aliphatic heterocycles. The van der Waals surface area contributed by atoms with Gasteiger partial charge in [0.2, 0.25) is 5.78 Å². The van der Waals surface area contributed by atoms with Gasteiger partial charge in [-0.2, -0.15) is 13.2 Å². The van der Waals surface area contributed by atoms with Crippen molar-refractivity contribution >= 4 is 11.8 Å². The molecule has 4 nitrogen and oxygen atoms in total. The molecule has 0 unspecified atom stereocenters. The van der Waals surface area contributed by atoms with E-state index in [2.05, 4.69) is 10.1 Å². The first-order valence-electron chi connectivity index (χ1n) is 7.50. The zero-order chi connectivity index (χ0) is 19.6. The number of nitrogens with one attached hydrogen (secondary N) is 1. The van der Waals surface area contributed by atoms with Gasteiger partial charge in [-0.1, -0.05) is 0 Å². The third-order valence-electron chi connectivity index (χ3n) is 3.48. The van der Waals surface area contributed by atoms with Crippen LogP contribution in [0.15, 0.2) is 17.8 Å². The van der Waals surface area contributed by atoms with Gasteiger partial charge in [-0.25, -0.2) is 18.0 Å². The van der Waals surface area contributed by atoms with E-state index < -0.39 is 52.1 Å². The molecule has 0 spiro atoms. The normalized spacial score (nSPS) is 15.0. The Morgan fingerprint density at radius 1 is 1.23 bits per heavy atom. The summed E-state index contributed by atoms with van der Waals surface area (Å²) in [7, 11) is 0. The maximum Gasteiger partial charge on any atom is 0.417 e. The average molecular weight is 381 g/mol. The van der Waals surface area contributed by atoms with Gasteiger partial charge in [0, 0.05) is 12.2 Å². The Balaban J connectivity index is 2.58. The van der Waals surface area contributed by atoms with Crippen molar-refractivity contribution in [1.29, 1.82) is 0 Å². The molecule has 0 saturated heterocycles. The number of halogens is 6. The summed E-state index contributed by atoms with van der Waals surface area (Å²) in [5, 5.41) is 2.60. The number of hydrogen-bond acceptors (Lipinski definition) is 4. The van der Waals surface area contributed by atoms with Gasteiger partial charge < -0.3 is 10.1 Å². The van der Waals surface area contributed by atoms with Gasteiger partial charge in [-0.3, -0.25) is 4.79 Å². The van der Waals surface area contributed by atoms with Crippen molar-refractivity contribution in [3.05, 3.63) is 46.4 Å². The second-order valence-electron chi connectivity index (χ2n) is 5.46. The van der Waals surface area contributed by atoms with Crippen molar-refractivity contribution in [3.8, 4) is 0 Å². The van der Waals surface area contributed by atoms with Crippen LogP contribution in [0.2, 0.25) is 0 Å². The number of benzene rings is 1. The fraction of sp³-hybridized carbons (Fsp3) is 0.375. The van der Waals surface area contributed by atoms with E-state index in [9.17, 15) is 35.9 Å². The average Bonchev–Trinajstić information content (AvgIpc) is 3.36. The molecule has 1 aromatic rings. The molecular formula is C16H13F6NO3. The van der Waals surface area contributed by atoms with Crippen molar-refractivity contribution in [1.82, 2.24) is 5.32 Å². The van der Waals surface area contributed by atoms with Crippen LogP contribution < -0.4 is 5.32 Å². The van der Waals surface area contributed by atoms with Gasteiger partial charge in [0.05, 0.1) is 17.7 Å². The van der Waals surface area contributed by atoms with E-state index in [1.165, 1.54) is 6.92 Å². The Morgan fingerprint density at radius 2 is 1.85 bits per heavy atom. The SMILES string of the molecule is CCOC(=O)/C(=C/NC1CC1)C(=O)c1c(C(F)(F)F)cc(F)c(F)c1F. The number of ether oxygens (including phenoxy) is 1. The maximum absolute atomic E-state index is 14.0. The lowest BCUT2D eigenvalue weighted by atomic mass is 9.97. The Morgan fingerprint density at radius 3 is 2.35 bits per heavy atom. The summed E-state index contributed by atoms with van der Waals surface area (Å²) in [5.41, 5.74) is -4.76. The highest BCUT2D eigenvalue weighted by atomic mass is 19.4. The molecule has 10 heteroatoms. The molecule has 1 fully saturated rings. The van der Waals surface area contributed by atoms with E-state index in [-0.39, 0.29) is 18.7 Å². The number of alkyl halides is 3. The van der Waals surface area contributed by atoms with Crippen LogP contribution in [0.1, 0.15) is 35.7 Å². The van der Waals surface area contributed by atoms with Gasteiger partial charge in [0.1, 0.15) is 5.57 Å². The van der Waals surface area contributed by atoms with Crippen LogP contribution in [0.25, 0.3) is 0 Å². The number of esters is 1. The molecule has 142 valence electrons. The van der Waals surface area contributed by atoms with Crippen LogP contribution >= 0.6 is 0 Å². The molecule has 1 aliphatic carbocycles. The van der Waals surface area contributed by atoms with Gasteiger partial charge in [0.25, 0.3) is 0 Å². The fourth-order valence-corrected chi connectivity index (χ4v) is 2.05. The number of hydrogen-bond donors (Lipinski definition) is 1. The Bertz CT molecular complexity index is 768. The quantitative estimate of drug-likeness (QED) is 0.156. The molecule has 1 aliphatic rings. The summed E-state index contributed by atoms with van der Waals surface area (Å²) >= 11 is 0. The van der Waals surface area contributed by atoms with Crippen LogP contribution in [0.4, 0.5) is 26.3 Å². The summed E-state index contributed by atoms with van der Waals surface area (Å²) in [6.07, 6.45) is -3.15. The van der Waals surface area contributed by atoms with Gasteiger partial charge in [0.15, 0.2) is 17.5 Å². The molecular weight excluding hydrogens is 368 g/mol. The topological polar surface area (TPSA) is 55.4 Å². The van der Waals surface area contributed by atoms with Crippen molar-refractivity contribution in [2.45, 2.75) is 32.0 Å². The summed E-state index contributed by atoms with van der Waals surface area (Å²) in [6.45, 7) is 1.17. The molecule has 0 atom stereocenters. The minimum atomic E-state index is -5.36. The molecule has 1 saturated carbocycles. The number of rotatable bonds is 6. The van der Waals surface area contributed by atoms with E-state index in [0.29, 0.717) is 12.8 Å². The van der Waals surface area contributed by atoms with E-state index in [4.69, 9.17) is 0 Å². The van der Waals surface area contributed by atoms with E-state index in [0.717, 1.165) is 6.20 Å². The number of carbonyl (C=O) groups excluding carboxylic acids is 2. The van der Waals surface area contributed by atoms with Crippen molar-refractivity contribution in [2.75, 3.05) is 6.61 Å². The molecule has 0 radical (unpaired) electrons. The van der Waals surface area contributed by atoms with E-state index in [1.807, 2.05) is 0 Å². The van der Waals surface area contributed by atoms with Crippen molar-refractivity contribution in [3.63, 3.8) is 0 Å². The second kappa shape index (κ2) is 7.38. The first-order chi connectivity index (χ1) is 12.1. The highest BCUT2D eigenvalue weighted by Gasteiger charge is 2.41. The van der Waals surface area contributed by atoms with E-state index >= 15 is 0 Å². The summed E-state index contributed by atoms with van der Waals surface area (Å²) in [6, 6.07) is -0.424. The summed E-state index contributed by atoms with van der Waals surface area (Å²) < 4.78 is 84.4. The Hall–Kier alpha value is -2.52. The zero-order valence-electron chi connectivity index (χ0n) is 13.3. The number of ketones is 1. The number of carbonyl (C=O) groups is 2. The Kier molecular flexibility index (Phi) is 5.62. The lowest BCUT2D eigenvalue weighted by molar-refractivity contribution is -0.139. The molecule has 26 heavy (non-hydrogen) atoms. The van der Waals surface area contributed by atoms with Gasteiger partial charge in [-0.15, -0.1) is 0 Å². The molecule has 0 aromatic heterocycles. The van der Waals surface area contributed by atoms with Crippen LogP contribution in [-0.4, -0.2) is 24.4 Å². The molecule has 1 aromatic carbocycles. The van der Waals surface area contributed by atoms with Gasteiger partial charge in [-0.05, 0) is 25.8 Å². The van der Waals surface area contributed by atoms with Crippen LogP contribution in [-0.2, 0) is 15.7 Å². The van der Waals surface area contributed by atoms with Crippen LogP contribution in [0.3, 0.4) is 0 Å². The van der Waals surface area contributed by atoms with Crippen LogP contribution in [0.5, 0.6) is 0 Å². The lowest BCUT2D eigenvalue weighted by Crippen LogP contribution is -2.25. The fourth-order valence-electron chi connectivity index (χ4n) is 2.05. The summed E-state index contributed by atoms with van der Waals surface area (Å²) in [5.74, 6) is -9.77. The largest absolute Gasteiger partial charge is 0.462 e. The maximum atomic E-state index is 14.0. The zero-order valence-corrected chi connectivity index (χ0v) is 13.3. The summed E-state index contributed by atoms with van der Waals surface area (Å²) in [4.78, 5) is 24.3. The van der Waals surface area contributed by atoms with Crippen molar-refractivity contribution in [2.24, 2.45) is 0 Å². The monoisotopic (exact) mass is 381 g/mol. The molecule has 0 heterocycles. The smallest absolute Gasteiger partial charge is 0.417 e. The predicted octanol–water partition coefficient (Wildman–Crippen LogP) is 3.50. The molecule has 0 bridgehead atoms. The van der Waals surface area contributed by atoms with E-state index in [1.54, 1.807) is 0 Å². The predicted molar refractivity (Wildman–Crippen MR) is 76.5 cm³/mol. The van der Waals surface area contributed by atoms with Crippen LogP contribution in [0, 0.1) is 17.5 Å². The lowest BCUT2D eigenvalue weighted by Gasteiger charge is -2.15. The number of Topliss-reactive ketones (excluding diaryl/α,β-unsaturated/α-hetero) is 1. The van der Waals surface area contributed by atoms with Crippen molar-refractivity contribution < 1.29 is 40.7 Å². The molecule has 1 N–H and O–H groups in total. The highest BCUT2D eigenvalue weighted by molar-refractivity contribution is 6.24. The Labute approximate surface area is 143 Å². The third-order valence-corrected chi connectivity index (χ3v) is 3.48. The highest BCUT2D eigenvalue weighted by Crippen LogP contribution is 2.36. The first kappa shape index (κ1) is 19.8. The molecule has 2 rings (SSSR count).